The van der Waals surface area contributed by atoms with Crippen LogP contribution in [0.4, 0.5) is 17.6 Å². The number of carbonyl (C=O) groups excluding carboxylic acids is 1. The van der Waals surface area contributed by atoms with Crippen molar-refractivity contribution < 1.29 is 27.1 Å². The highest BCUT2D eigenvalue weighted by Crippen LogP contribution is 2.17. The molecule has 0 aliphatic carbocycles. The van der Waals surface area contributed by atoms with Gasteiger partial charge in [-0.25, -0.2) is 17.6 Å². The minimum atomic E-state index is -0.873. The van der Waals surface area contributed by atoms with Gasteiger partial charge in [0.2, 0.25) is 0 Å². The summed E-state index contributed by atoms with van der Waals surface area (Å²) in [4.78, 5) is 11.6. The number of nitrogens with one attached hydrogen (secondary N) is 1. The highest BCUT2D eigenvalue weighted by Gasteiger charge is 2.12. The maximum atomic E-state index is 13.3. The van der Waals surface area contributed by atoms with Crippen LogP contribution >= 0.6 is 0 Å². The molecule has 0 saturated heterocycles. The van der Waals surface area contributed by atoms with Crippen LogP contribution in [0.15, 0.2) is 36.4 Å². The third-order valence-electron chi connectivity index (χ3n) is 2.71. The number of hydrogen-bond acceptors (Lipinski definition) is 2. The SMILES string of the molecule is O=C(NCCOc1ccc(F)cc1F)c1cc(F)ccc1F. The predicted molar refractivity (Wildman–Crippen MR) is 70.5 cm³/mol. The van der Waals surface area contributed by atoms with E-state index >= 15 is 0 Å². The van der Waals surface area contributed by atoms with Gasteiger partial charge in [0.15, 0.2) is 11.6 Å². The second kappa shape index (κ2) is 6.93. The molecule has 0 heterocycles. The third kappa shape index (κ3) is 3.97. The number of carbonyl (C=O) groups is 1. The summed E-state index contributed by atoms with van der Waals surface area (Å²) in [6.07, 6.45) is 0. The normalized spacial score (nSPS) is 10.4. The molecule has 0 aliphatic rings. The fourth-order valence-corrected chi connectivity index (χ4v) is 1.68. The minimum absolute atomic E-state index is 0.0639. The standard InChI is InChI=1S/C15H11F4NO2/c16-9-1-3-12(18)11(7-9)15(21)20-5-6-22-14-4-2-10(17)8-13(14)19/h1-4,7-8H,5-6H2,(H,20,21). The Labute approximate surface area is 123 Å². The largest absolute Gasteiger partial charge is 0.489 e. The molecule has 1 amide bonds. The highest BCUT2D eigenvalue weighted by molar-refractivity contribution is 5.94. The molecule has 2 aromatic rings. The molecule has 0 aliphatic heterocycles. The Morgan fingerprint density at radius 1 is 0.955 bits per heavy atom. The molecule has 0 saturated carbocycles. The lowest BCUT2D eigenvalue weighted by Crippen LogP contribution is -2.29. The first-order valence-corrected chi connectivity index (χ1v) is 6.28. The fourth-order valence-electron chi connectivity index (χ4n) is 1.68. The number of hydrogen-bond donors (Lipinski definition) is 1. The number of ether oxygens (including phenoxy) is 1. The molecule has 0 radical (unpaired) electrons. The lowest BCUT2D eigenvalue weighted by molar-refractivity contribution is 0.0942. The van der Waals surface area contributed by atoms with Crippen molar-refractivity contribution in [2.24, 2.45) is 0 Å². The van der Waals surface area contributed by atoms with Crippen LogP contribution in [-0.2, 0) is 0 Å². The Morgan fingerprint density at radius 3 is 2.36 bits per heavy atom. The monoisotopic (exact) mass is 313 g/mol. The smallest absolute Gasteiger partial charge is 0.254 e. The van der Waals surface area contributed by atoms with Crippen molar-refractivity contribution in [1.82, 2.24) is 5.32 Å². The van der Waals surface area contributed by atoms with E-state index in [-0.39, 0.29) is 18.9 Å². The summed E-state index contributed by atoms with van der Waals surface area (Å²) >= 11 is 0. The van der Waals surface area contributed by atoms with Gasteiger partial charge in [-0.15, -0.1) is 0 Å². The Morgan fingerprint density at radius 2 is 1.64 bits per heavy atom. The summed E-state index contributed by atoms with van der Waals surface area (Å²) in [5.41, 5.74) is -0.437. The maximum Gasteiger partial charge on any atom is 0.254 e. The van der Waals surface area contributed by atoms with E-state index in [1.807, 2.05) is 0 Å². The lowest BCUT2D eigenvalue weighted by atomic mass is 10.2. The molecular weight excluding hydrogens is 302 g/mol. The molecule has 2 rings (SSSR count). The zero-order valence-corrected chi connectivity index (χ0v) is 11.2. The quantitative estimate of drug-likeness (QED) is 0.680. The van der Waals surface area contributed by atoms with Crippen LogP contribution in [0.5, 0.6) is 5.75 Å². The van der Waals surface area contributed by atoms with Gasteiger partial charge in [-0.2, -0.15) is 0 Å². The van der Waals surface area contributed by atoms with Crippen molar-refractivity contribution in [1.29, 1.82) is 0 Å². The van der Waals surface area contributed by atoms with E-state index < -0.39 is 34.7 Å². The summed E-state index contributed by atoms with van der Waals surface area (Å²) in [6, 6.07) is 5.31. The Bertz CT molecular complexity index is 691. The zero-order chi connectivity index (χ0) is 16.1. The molecule has 0 unspecified atom stereocenters. The highest BCUT2D eigenvalue weighted by atomic mass is 19.1. The maximum absolute atomic E-state index is 13.3. The molecule has 3 nitrogen and oxygen atoms in total. The number of benzene rings is 2. The van der Waals surface area contributed by atoms with Crippen molar-refractivity contribution in [3.63, 3.8) is 0 Å². The van der Waals surface area contributed by atoms with Crippen molar-refractivity contribution >= 4 is 5.91 Å². The van der Waals surface area contributed by atoms with Crippen molar-refractivity contribution in [3.05, 3.63) is 65.2 Å². The average molecular weight is 313 g/mol. The van der Waals surface area contributed by atoms with Crippen molar-refractivity contribution in [3.8, 4) is 5.75 Å². The van der Waals surface area contributed by atoms with Gasteiger partial charge in [0, 0.05) is 6.07 Å². The molecule has 7 heteroatoms. The predicted octanol–water partition coefficient (Wildman–Crippen LogP) is 3.05. The molecule has 0 bridgehead atoms. The van der Waals surface area contributed by atoms with Gasteiger partial charge in [-0.05, 0) is 30.3 Å². The summed E-state index contributed by atoms with van der Waals surface area (Å²) in [5.74, 6) is -4.20. The van der Waals surface area contributed by atoms with E-state index in [0.717, 1.165) is 30.3 Å². The summed E-state index contributed by atoms with van der Waals surface area (Å²) < 4.78 is 57.2. The first kappa shape index (κ1) is 15.8. The van der Waals surface area contributed by atoms with Gasteiger partial charge in [0.05, 0.1) is 12.1 Å². The lowest BCUT2D eigenvalue weighted by Gasteiger charge is -2.09. The second-order valence-electron chi connectivity index (χ2n) is 4.30. The molecule has 22 heavy (non-hydrogen) atoms. The summed E-state index contributed by atoms with van der Waals surface area (Å²) in [7, 11) is 0. The van der Waals surface area contributed by atoms with Gasteiger partial charge in [-0.1, -0.05) is 0 Å². The molecule has 116 valence electrons. The van der Waals surface area contributed by atoms with Gasteiger partial charge < -0.3 is 10.1 Å². The number of rotatable bonds is 5. The summed E-state index contributed by atoms with van der Waals surface area (Å²) in [5, 5.41) is 2.30. The van der Waals surface area contributed by atoms with E-state index in [0.29, 0.717) is 6.07 Å². The van der Waals surface area contributed by atoms with Crippen molar-refractivity contribution in [2.75, 3.05) is 13.2 Å². The zero-order valence-electron chi connectivity index (χ0n) is 11.2. The van der Waals surface area contributed by atoms with Crippen LogP contribution in [0.1, 0.15) is 10.4 Å². The molecule has 0 aromatic heterocycles. The molecule has 1 N–H and O–H groups in total. The molecule has 0 spiro atoms. The first-order chi connectivity index (χ1) is 10.5. The van der Waals surface area contributed by atoms with Crippen LogP contribution in [0.25, 0.3) is 0 Å². The summed E-state index contributed by atoms with van der Waals surface area (Å²) in [6.45, 7) is -0.184. The first-order valence-electron chi connectivity index (χ1n) is 6.28. The number of halogens is 4. The Kier molecular flexibility index (Phi) is 4.98. The van der Waals surface area contributed by atoms with Crippen LogP contribution in [-0.4, -0.2) is 19.1 Å². The van der Waals surface area contributed by atoms with Crippen LogP contribution in [0, 0.1) is 23.3 Å². The van der Waals surface area contributed by atoms with Crippen LogP contribution in [0.3, 0.4) is 0 Å². The minimum Gasteiger partial charge on any atom is -0.489 e. The van der Waals surface area contributed by atoms with Gasteiger partial charge in [0.25, 0.3) is 5.91 Å². The van der Waals surface area contributed by atoms with Gasteiger partial charge in [-0.3, -0.25) is 4.79 Å². The van der Waals surface area contributed by atoms with E-state index in [1.165, 1.54) is 0 Å². The van der Waals surface area contributed by atoms with E-state index in [9.17, 15) is 22.4 Å². The molecule has 0 atom stereocenters. The van der Waals surface area contributed by atoms with E-state index in [1.54, 1.807) is 0 Å². The Hall–Kier alpha value is -2.57. The van der Waals surface area contributed by atoms with E-state index in [2.05, 4.69) is 5.32 Å². The molecule has 2 aromatic carbocycles. The third-order valence-corrected chi connectivity index (χ3v) is 2.71. The van der Waals surface area contributed by atoms with E-state index in [4.69, 9.17) is 4.74 Å². The molecule has 0 fully saturated rings. The van der Waals surface area contributed by atoms with Crippen LogP contribution in [0.2, 0.25) is 0 Å². The van der Waals surface area contributed by atoms with Gasteiger partial charge >= 0.3 is 0 Å². The van der Waals surface area contributed by atoms with Gasteiger partial charge in [0.1, 0.15) is 24.1 Å². The molecular formula is C15H11F4NO2. The van der Waals surface area contributed by atoms with Crippen molar-refractivity contribution in [2.45, 2.75) is 0 Å². The Balaban J connectivity index is 1.86. The fraction of sp³-hybridized carbons (Fsp3) is 0.133. The topological polar surface area (TPSA) is 38.3 Å². The number of amides is 1. The van der Waals surface area contributed by atoms with Crippen LogP contribution < -0.4 is 10.1 Å². The second-order valence-corrected chi connectivity index (χ2v) is 4.30. The average Bonchev–Trinajstić information content (AvgIpc) is 2.47.